The Hall–Kier alpha value is -3.15. The minimum Gasteiger partial charge on any atom is -0.482 e. The molecule has 6 heteroatoms. The quantitative estimate of drug-likeness (QED) is 0.797. The van der Waals surface area contributed by atoms with Crippen molar-refractivity contribution in [2.75, 3.05) is 23.9 Å². The summed E-state index contributed by atoms with van der Waals surface area (Å²) in [6.45, 7) is 2.02. The lowest BCUT2D eigenvalue weighted by Gasteiger charge is -2.26. The lowest BCUT2D eigenvalue weighted by atomic mass is 10.0. The maximum atomic E-state index is 12.5. The Balaban J connectivity index is 1.62. The van der Waals surface area contributed by atoms with E-state index in [0.717, 1.165) is 17.7 Å². The van der Waals surface area contributed by atoms with Crippen molar-refractivity contribution in [2.45, 2.75) is 26.2 Å². The third-order valence-corrected chi connectivity index (χ3v) is 4.62. The van der Waals surface area contributed by atoms with E-state index in [1.54, 1.807) is 25.2 Å². The van der Waals surface area contributed by atoms with Crippen molar-refractivity contribution in [1.82, 2.24) is 0 Å². The van der Waals surface area contributed by atoms with Crippen molar-refractivity contribution < 1.29 is 19.1 Å². The maximum absolute atomic E-state index is 12.5. The summed E-state index contributed by atoms with van der Waals surface area (Å²) < 4.78 is 5.36. The molecular formula is C21H22N2O4. The zero-order valence-electron chi connectivity index (χ0n) is 15.5. The smallest absolute Gasteiger partial charge is 0.264 e. The van der Waals surface area contributed by atoms with Gasteiger partial charge in [-0.3, -0.25) is 14.4 Å². The third kappa shape index (κ3) is 4.16. The van der Waals surface area contributed by atoms with Gasteiger partial charge in [-0.05, 0) is 36.2 Å². The number of ketones is 1. The normalized spacial score (nSPS) is 13.0. The number of amides is 2. The Morgan fingerprint density at radius 1 is 1.15 bits per heavy atom. The van der Waals surface area contributed by atoms with Gasteiger partial charge in [-0.25, -0.2) is 0 Å². The molecule has 0 saturated carbocycles. The topological polar surface area (TPSA) is 75.7 Å². The van der Waals surface area contributed by atoms with Crippen molar-refractivity contribution in [3.05, 3.63) is 53.6 Å². The summed E-state index contributed by atoms with van der Waals surface area (Å²) in [5, 5.41) is 2.87. The van der Waals surface area contributed by atoms with Gasteiger partial charge in [0.05, 0.1) is 5.69 Å². The molecule has 0 aromatic heterocycles. The van der Waals surface area contributed by atoms with Crippen LogP contribution in [0.1, 0.15) is 35.7 Å². The van der Waals surface area contributed by atoms with Crippen LogP contribution in [0.25, 0.3) is 0 Å². The molecular weight excluding hydrogens is 344 g/mol. The SMILES string of the molecule is CCc1ccccc1NC(=O)CCC(=O)c1ccc2c(c1)N(C)C(=O)CO2. The molecule has 2 amide bonds. The fraction of sp³-hybridized carbons (Fsp3) is 0.286. The average Bonchev–Trinajstić information content (AvgIpc) is 2.69. The molecule has 0 atom stereocenters. The van der Waals surface area contributed by atoms with Crippen molar-refractivity contribution in [3.63, 3.8) is 0 Å². The van der Waals surface area contributed by atoms with E-state index in [1.807, 2.05) is 31.2 Å². The highest BCUT2D eigenvalue weighted by atomic mass is 16.5. The van der Waals surface area contributed by atoms with E-state index in [2.05, 4.69) is 5.32 Å². The monoisotopic (exact) mass is 366 g/mol. The number of fused-ring (bicyclic) bond motifs is 1. The molecule has 1 aliphatic heterocycles. The second kappa shape index (κ2) is 8.03. The molecule has 0 radical (unpaired) electrons. The van der Waals surface area contributed by atoms with Gasteiger partial charge in [-0.15, -0.1) is 0 Å². The first-order valence-electron chi connectivity index (χ1n) is 8.94. The average molecular weight is 366 g/mol. The van der Waals surface area contributed by atoms with Gasteiger partial charge in [0.2, 0.25) is 5.91 Å². The van der Waals surface area contributed by atoms with Crippen molar-refractivity contribution in [1.29, 1.82) is 0 Å². The summed E-state index contributed by atoms with van der Waals surface area (Å²) in [5.41, 5.74) is 2.86. The second-order valence-corrected chi connectivity index (χ2v) is 6.41. The molecule has 1 aliphatic rings. The van der Waals surface area contributed by atoms with Crippen LogP contribution in [0.3, 0.4) is 0 Å². The van der Waals surface area contributed by atoms with Gasteiger partial charge < -0.3 is 15.0 Å². The number of carbonyl (C=O) groups is 3. The summed E-state index contributed by atoms with van der Waals surface area (Å²) >= 11 is 0. The molecule has 0 saturated heterocycles. The number of anilines is 2. The van der Waals surface area contributed by atoms with Gasteiger partial charge in [-0.1, -0.05) is 25.1 Å². The van der Waals surface area contributed by atoms with Crippen LogP contribution < -0.4 is 15.0 Å². The van der Waals surface area contributed by atoms with Crippen molar-refractivity contribution >= 4 is 29.0 Å². The van der Waals surface area contributed by atoms with E-state index in [1.165, 1.54) is 4.90 Å². The van der Waals surface area contributed by atoms with E-state index in [9.17, 15) is 14.4 Å². The van der Waals surface area contributed by atoms with Crippen LogP contribution in [0.4, 0.5) is 11.4 Å². The highest BCUT2D eigenvalue weighted by molar-refractivity contribution is 6.03. The van der Waals surface area contributed by atoms with E-state index >= 15 is 0 Å². The first-order chi connectivity index (χ1) is 13.0. The maximum Gasteiger partial charge on any atom is 0.264 e. The predicted molar refractivity (Wildman–Crippen MR) is 103 cm³/mol. The van der Waals surface area contributed by atoms with E-state index in [0.29, 0.717) is 17.0 Å². The third-order valence-electron chi connectivity index (χ3n) is 4.62. The van der Waals surface area contributed by atoms with Crippen LogP contribution in [0.5, 0.6) is 5.75 Å². The number of aryl methyl sites for hydroxylation is 1. The van der Waals surface area contributed by atoms with Crippen LogP contribution in [-0.4, -0.2) is 31.3 Å². The highest BCUT2D eigenvalue weighted by Crippen LogP contribution is 2.32. The Kier molecular flexibility index (Phi) is 5.54. The van der Waals surface area contributed by atoms with Gasteiger partial charge in [0, 0.05) is 31.1 Å². The number of hydrogen-bond acceptors (Lipinski definition) is 4. The lowest BCUT2D eigenvalue weighted by molar-refractivity contribution is -0.121. The molecule has 2 aromatic carbocycles. The number of Topliss-reactive ketones (excluding diaryl/α,β-unsaturated/α-hetero) is 1. The van der Waals surface area contributed by atoms with E-state index < -0.39 is 0 Å². The molecule has 6 nitrogen and oxygen atoms in total. The molecule has 140 valence electrons. The number of hydrogen-bond donors (Lipinski definition) is 1. The van der Waals surface area contributed by atoms with Crippen LogP contribution in [-0.2, 0) is 16.0 Å². The van der Waals surface area contributed by atoms with Crippen molar-refractivity contribution in [3.8, 4) is 5.75 Å². The second-order valence-electron chi connectivity index (χ2n) is 6.41. The Morgan fingerprint density at radius 2 is 1.93 bits per heavy atom. The Morgan fingerprint density at radius 3 is 2.70 bits per heavy atom. The number of benzene rings is 2. The molecule has 0 unspecified atom stereocenters. The molecule has 0 bridgehead atoms. The zero-order chi connectivity index (χ0) is 19.4. The number of likely N-dealkylation sites (N-methyl/N-ethyl adjacent to an activating group) is 1. The molecule has 1 N–H and O–H groups in total. The highest BCUT2D eigenvalue weighted by Gasteiger charge is 2.23. The zero-order valence-corrected chi connectivity index (χ0v) is 15.5. The van der Waals surface area contributed by atoms with Gasteiger partial charge >= 0.3 is 0 Å². The minimum absolute atomic E-state index is 0.00377. The summed E-state index contributed by atoms with van der Waals surface area (Å²) in [6, 6.07) is 12.6. The van der Waals surface area contributed by atoms with Crippen LogP contribution in [0.15, 0.2) is 42.5 Å². The number of para-hydroxylation sites is 1. The molecule has 2 aromatic rings. The Labute approximate surface area is 158 Å². The molecule has 0 aliphatic carbocycles. The van der Waals surface area contributed by atoms with Gasteiger partial charge in [0.25, 0.3) is 5.91 Å². The number of nitrogens with one attached hydrogen (secondary N) is 1. The molecule has 3 rings (SSSR count). The number of nitrogens with zero attached hydrogens (tertiary/aromatic N) is 1. The predicted octanol–water partition coefficient (Wildman–Crippen LogP) is 3.21. The number of rotatable bonds is 6. The molecule has 27 heavy (non-hydrogen) atoms. The Bertz CT molecular complexity index is 892. The summed E-state index contributed by atoms with van der Waals surface area (Å²) in [5.74, 6) is 0.0598. The molecule has 0 fully saturated rings. The van der Waals surface area contributed by atoms with Crippen LogP contribution in [0, 0.1) is 0 Å². The van der Waals surface area contributed by atoms with Gasteiger partial charge in [0.1, 0.15) is 5.75 Å². The summed E-state index contributed by atoms with van der Waals surface area (Å²) in [7, 11) is 1.65. The fourth-order valence-electron chi connectivity index (χ4n) is 2.98. The van der Waals surface area contributed by atoms with Gasteiger partial charge in [-0.2, -0.15) is 0 Å². The first-order valence-corrected chi connectivity index (χ1v) is 8.94. The minimum atomic E-state index is -0.196. The van der Waals surface area contributed by atoms with Gasteiger partial charge in [0.15, 0.2) is 12.4 Å². The number of carbonyl (C=O) groups excluding carboxylic acids is 3. The number of ether oxygens (including phenoxy) is 1. The molecule has 0 spiro atoms. The van der Waals surface area contributed by atoms with Crippen LogP contribution >= 0.6 is 0 Å². The van der Waals surface area contributed by atoms with E-state index in [-0.39, 0.29) is 37.0 Å². The first kappa shape index (κ1) is 18.6. The molecule has 1 heterocycles. The fourth-order valence-corrected chi connectivity index (χ4v) is 2.98. The standard InChI is InChI=1S/C21H22N2O4/c1-3-14-6-4-5-7-16(14)22-20(25)11-9-18(24)15-8-10-19-17(12-15)23(2)21(26)13-27-19/h4-8,10,12H,3,9,11,13H2,1-2H3,(H,22,25). The van der Waals surface area contributed by atoms with Crippen molar-refractivity contribution in [2.24, 2.45) is 0 Å². The largest absolute Gasteiger partial charge is 0.482 e. The summed E-state index contributed by atoms with van der Waals surface area (Å²) in [6.07, 6.45) is 1.01. The summed E-state index contributed by atoms with van der Waals surface area (Å²) in [4.78, 5) is 37.9. The lowest BCUT2D eigenvalue weighted by Crippen LogP contribution is -2.35. The van der Waals surface area contributed by atoms with E-state index in [4.69, 9.17) is 4.74 Å². The van der Waals surface area contributed by atoms with Crippen LogP contribution in [0.2, 0.25) is 0 Å².